The summed E-state index contributed by atoms with van der Waals surface area (Å²) in [5.41, 5.74) is 0.891. The predicted octanol–water partition coefficient (Wildman–Crippen LogP) is 2.55. The first kappa shape index (κ1) is 25.5. The van der Waals surface area contributed by atoms with Crippen LogP contribution in [0.1, 0.15) is 68.8 Å². The first-order valence-electron chi connectivity index (χ1n) is 12.2. The summed E-state index contributed by atoms with van der Waals surface area (Å²) in [6, 6.07) is 1.36. The average molecular weight is 458 g/mol. The maximum Gasteiger partial charge on any atom is 0.259 e. The minimum Gasteiger partial charge on any atom is -0.472 e. The molecule has 1 fully saturated rings. The molecule has 1 saturated carbocycles. The van der Waals surface area contributed by atoms with E-state index in [1.54, 1.807) is 24.1 Å². The zero-order valence-electron chi connectivity index (χ0n) is 20.5. The lowest BCUT2D eigenvalue weighted by atomic mass is 9.89. The fourth-order valence-electron chi connectivity index (χ4n) is 4.77. The van der Waals surface area contributed by atoms with Crippen molar-refractivity contribution >= 4 is 5.91 Å². The Balaban J connectivity index is 1.86. The quantitative estimate of drug-likeness (QED) is 0.639. The van der Waals surface area contributed by atoms with Crippen LogP contribution in [0.5, 0.6) is 5.88 Å². The van der Waals surface area contributed by atoms with Crippen molar-refractivity contribution in [2.45, 2.75) is 71.1 Å². The first-order chi connectivity index (χ1) is 15.8. The van der Waals surface area contributed by atoms with Crippen molar-refractivity contribution in [3.05, 3.63) is 23.4 Å². The molecule has 0 unspecified atom stereocenters. The highest BCUT2D eigenvalue weighted by atomic mass is 16.5. The van der Waals surface area contributed by atoms with E-state index in [0.29, 0.717) is 23.6 Å². The number of aliphatic hydroxyl groups excluding tert-OH is 2. The maximum absolute atomic E-state index is 13.4. The third-order valence-corrected chi connectivity index (χ3v) is 6.73. The number of nitrogens with zero attached hydrogens (tertiary/aromatic N) is 3. The molecule has 0 saturated heterocycles. The van der Waals surface area contributed by atoms with Crippen LogP contribution in [-0.2, 0) is 0 Å². The van der Waals surface area contributed by atoms with Crippen LogP contribution in [0.4, 0.5) is 0 Å². The largest absolute Gasteiger partial charge is 0.472 e. The molecule has 4 atom stereocenters. The van der Waals surface area contributed by atoms with Crippen LogP contribution in [0.2, 0.25) is 0 Å². The monoisotopic (exact) mass is 457 g/mol. The SMILES string of the molecule is C[C@H](CO)N1C[C@H](C)[C@@H](CN(C)CC2CCCCC2)Oc2ncc(C#C[C@@H](C)O)cc2C1=O. The Labute approximate surface area is 198 Å². The highest BCUT2D eigenvalue weighted by Crippen LogP contribution is 2.28. The molecule has 1 aromatic heterocycles. The van der Waals surface area contributed by atoms with Crippen molar-refractivity contribution in [2.24, 2.45) is 11.8 Å². The summed E-state index contributed by atoms with van der Waals surface area (Å²) in [4.78, 5) is 21.9. The lowest BCUT2D eigenvalue weighted by molar-refractivity contribution is 0.0314. The minimum absolute atomic E-state index is 0.0708. The Kier molecular flexibility index (Phi) is 9.13. The molecule has 0 bridgehead atoms. The van der Waals surface area contributed by atoms with Gasteiger partial charge in [-0.05, 0) is 45.7 Å². The van der Waals surface area contributed by atoms with Gasteiger partial charge in [0, 0.05) is 37.3 Å². The summed E-state index contributed by atoms with van der Waals surface area (Å²) in [7, 11) is 2.14. The number of hydrogen-bond acceptors (Lipinski definition) is 6. The van der Waals surface area contributed by atoms with Crippen molar-refractivity contribution in [1.29, 1.82) is 0 Å². The van der Waals surface area contributed by atoms with Gasteiger partial charge in [0.1, 0.15) is 17.8 Å². The Hall–Kier alpha value is -2.14. The fraction of sp³-hybridized carbons (Fsp3) is 0.692. The van der Waals surface area contributed by atoms with Gasteiger partial charge in [-0.15, -0.1) is 0 Å². The van der Waals surface area contributed by atoms with Gasteiger partial charge in [0.15, 0.2) is 0 Å². The van der Waals surface area contributed by atoms with E-state index in [1.807, 2.05) is 6.92 Å². The lowest BCUT2D eigenvalue weighted by Gasteiger charge is -2.38. The smallest absolute Gasteiger partial charge is 0.259 e. The van der Waals surface area contributed by atoms with Crippen molar-refractivity contribution in [3.8, 4) is 17.7 Å². The summed E-state index contributed by atoms with van der Waals surface area (Å²) >= 11 is 0. The van der Waals surface area contributed by atoms with Gasteiger partial charge in [-0.1, -0.05) is 38.0 Å². The molecule has 33 heavy (non-hydrogen) atoms. The van der Waals surface area contributed by atoms with Crippen LogP contribution in [0, 0.1) is 23.7 Å². The van der Waals surface area contributed by atoms with Gasteiger partial charge in [-0.2, -0.15) is 0 Å². The number of hydrogen-bond donors (Lipinski definition) is 2. The number of amides is 1. The van der Waals surface area contributed by atoms with Crippen LogP contribution >= 0.6 is 0 Å². The van der Waals surface area contributed by atoms with Crippen molar-refractivity contribution in [3.63, 3.8) is 0 Å². The van der Waals surface area contributed by atoms with Gasteiger partial charge in [0.05, 0.1) is 12.6 Å². The van der Waals surface area contributed by atoms with Crippen LogP contribution in [0.3, 0.4) is 0 Å². The lowest BCUT2D eigenvalue weighted by Crippen LogP contribution is -2.50. The molecule has 3 rings (SSSR count). The average Bonchev–Trinajstić information content (AvgIpc) is 2.80. The number of fused-ring (bicyclic) bond motifs is 1. The molecule has 2 heterocycles. The summed E-state index contributed by atoms with van der Waals surface area (Å²) in [5, 5.41) is 19.3. The van der Waals surface area contributed by atoms with E-state index in [-0.39, 0.29) is 30.6 Å². The van der Waals surface area contributed by atoms with Gasteiger partial charge in [0.2, 0.25) is 5.88 Å². The van der Waals surface area contributed by atoms with Gasteiger partial charge in [-0.3, -0.25) is 4.79 Å². The van der Waals surface area contributed by atoms with Gasteiger partial charge >= 0.3 is 0 Å². The fourth-order valence-corrected chi connectivity index (χ4v) is 4.77. The third-order valence-electron chi connectivity index (χ3n) is 6.73. The number of carbonyl (C=O) groups excluding carboxylic acids is 1. The second-order valence-corrected chi connectivity index (χ2v) is 9.87. The van der Waals surface area contributed by atoms with E-state index in [2.05, 4.69) is 35.7 Å². The predicted molar refractivity (Wildman–Crippen MR) is 128 cm³/mol. The molecule has 0 spiro atoms. The highest BCUT2D eigenvalue weighted by Gasteiger charge is 2.34. The van der Waals surface area contributed by atoms with E-state index in [9.17, 15) is 15.0 Å². The molecule has 2 N–H and O–H groups in total. The summed E-state index contributed by atoms with van der Waals surface area (Å²) < 4.78 is 6.36. The minimum atomic E-state index is -0.769. The molecule has 2 aliphatic rings. The third kappa shape index (κ3) is 6.92. The van der Waals surface area contributed by atoms with Crippen LogP contribution < -0.4 is 4.74 Å². The van der Waals surface area contributed by atoms with Gasteiger partial charge in [-0.25, -0.2) is 4.98 Å². The topological polar surface area (TPSA) is 86.1 Å². The van der Waals surface area contributed by atoms with Crippen LogP contribution in [0.15, 0.2) is 12.3 Å². The molecule has 1 amide bonds. The molecule has 0 aromatic carbocycles. The van der Waals surface area contributed by atoms with Crippen LogP contribution in [-0.4, -0.2) is 82.4 Å². The number of pyridine rings is 1. The maximum atomic E-state index is 13.4. The molecule has 0 radical (unpaired) electrons. The van der Waals surface area contributed by atoms with E-state index in [0.717, 1.165) is 19.0 Å². The molecule has 182 valence electrons. The standard InChI is InChI=1S/C26H39N3O4/c1-18-14-29(19(2)17-30)26(32)23-12-22(11-10-20(3)31)13-27-25(23)33-24(18)16-28(4)15-21-8-6-5-7-9-21/h12-13,18-21,24,30-31H,5-9,14-17H2,1-4H3/t18-,19+,20+,24+/m0/s1. The zero-order valence-corrected chi connectivity index (χ0v) is 20.5. The second kappa shape index (κ2) is 11.8. The Morgan fingerprint density at radius 3 is 2.67 bits per heavy atom. The van der Waals surface area contributed by atoms with Gasteiger partial charge < -0.3 is 24.7 Å². The normalized spacial score (nSPS) is 23.6. The summed E-state index contributed by atoms with van der Waals surface area (Å²) in [5.74, 6) is 6.44. The Bertz CT molecular complexity index is 857. The molecule has 7 nitrogen and oxygen atoms in total. The summed E-state index contributed by atoms with van der Waals surface area (Å²) in [6.45, 7) is 7.71. The van der Waals surface area contributed by atoms with Crippen molar-refractivity contribution in [1.82, 2.24) is 14.8 Å². The van der Waals surface area contributed by atoms with Crippen molar-refractivity contribution in [2.75, 3.05) is 33.3 Å². The Morgan fingerprint density at radius 2 is 2.00 bits per heavy atom. The number of carbonyl (C=O) groups is 1. The molecular weight excluding hydrogens is 418 g/mol. The number of aromatic nitrogens is 1. The van der Waals surface area contributed by atoms with Gasteiger partial charge in [0.25, 0.3) is 5.91 Å². The number of rotatable bonds is 6. The van der Waals surface area contributed by atoms with E-state index < -0.39 is 6.10 Å². The second-order valence-electron chi connectivity index (χ2n) is 9.87. The van der Waals surface area contributed by atoms with E-state index in [4.69, 9.17) is 4.74 Å². The molecule has 1 aromatic rings. The number of aliphatic hydroxyl groups is 2. The molecule has 1 aliphatic heterocycles. The molecule has 7 heteroatoms. The first-order valence-corrected chi connectivity index (χ1v) is 12.2. The summed E-state index contributed by atoms with van der Waals surface area (Å²) in [6.07, 6.45) is 7.25. The van der Waals surface area contributed by atoms with Crippen molar-refractivity contribution < 1.29 is 19.7 Å². The number of likely N-dealkylation sites (N-methyl/N-ethyl adjacent to an activating group) is 1. The highest BCUT2D eigenvalue weighted by molar-refractivity contribution is 5.97. The molecular formula is C26H39N3O4. The number of ether oxygens (including phenoxy) is 1. The molecule has 1 aliphatic carbocycles. The van der Waals surface area contributed by atoms with E-state index in [1.165, 1.54) is 32.1 Å². The zero-order chi connectivity index (χ0) is 24.0. The Morgan fingerprint density at radius 1 is 1.27 bits per heavy atom. The van der Waals surface area contributed by atoms with E-state index >= 15 is 0 Å². The van der Waals surface area contributed by atoms with Crippen LogP contribution in [0.25, 0.3) is 0 Å².